The van der Waals surface area contributed by atoms with Gasteiger partial charge in [0.25, 0.3) is 5.91 Å². The molecular formula is C22H23N3O2. The highest BCUT2D eigenvalue weighted by Gasteiger charge is 2.24. The Hall–Kier alpha value is -3.21. The Labute approximate surface area is 159 Å². The fourth-order valence-electron chi connectivity index (χ4n) is 3.52. The summed E-state index contributed by atoms with van der Waals surface area (Å²) in [5.74, 6) is 0.941. The molecule has 5 nitrogen and oxygen atoms in total. The lowest BCUT2D eigenvalue weighted by Crippen LogP contribution is -2.49. The number of carbonyl (C=O) groups is 1. The number of hydrogen-bond donors (Lipinski definition) is 0. The first kappa shape index (κ1) is 17.2. The second-order valence-electron chi connectivity index (χ2n) is 6.59. The van der Waals surface area contributed by atoms with E-state index in [0.717, 1.165) is 35.8 Å². The van der Waals surface area contributed by atoms with Gasteiger partial charge >= 0.3 is 0 Å². The third-order valence-electron chi connectivity index (χ3n) is 5.00. The average Bonchev–Trinajstić information content (AvgIpc) is 3.28. The molecule has 0 atom stereocenters. The van der Waals surface area contributed by atoms with E-state index in [1.165, 1.54) is 0 Å². The van der Waals surface area contributed by atoms with Crippen LogP contribution in [0, 0.1) is 0 Å². The Bertz CT molecular complexity index is 913. The van der Waals surface area contributed by atoms with Gasteiger partial charge in [-0.2, -0.15) is 0 Å². The minimum Gasteiger partial charge on any atom is -0.497 e. The maximum Gasteiger partial charge on any atom is 0.256 e. The first-order valence-corrected chi connectivity index (χ1v) is 9.17. The van der Waals surface area contributed by atoms with Gasteiger partial charge in [-0.25, -0.2) is 0 Å². The van der Waals surface area contributed by atoms with Crippen LogP contribution in [0.3, 0.4) is 0 Å². The highest BCUT2D eigenvalue weighted by atomic mass is 16.5. The normalized spacial score (nSPS) is 14.3. The summed E-state index contributed by atoms with van der Waals surface area (Å²) >= 11 is 0. The van der Waals surface area contributed by atoms with Gasteiger partial charge in [-0.15, -0.1) is 0 Å². The minimum atomic E-state index is 0.0876. The summed E-state index contributed by atoms with van der Waals surface area (Å²) in [6.45, 7) is 3.03. The summed E-state index contributed by atoms with van der Waals surface area (Å²) < 4.78 is 7.30. The number of piperazine rings is 1. The monoisotopic (exact) mass is 361 g/mol. The molecule has 1 aliphatic heterocycles. The van der Waals surface area contributed by atoms with Crippen molar-refractivity contribution in [1.82, 2.24) is 9.47 Å². The van der Waals surface area contributed by atoms with Crippen LogP contribution >= 0.6 is 0 Å². The van der Waals surface area contributed by atoms with E-state index in [2.05, 4.69) is 11.0 Å². The molecule has 0 unspecified atom stereocenters. The summed E-state index contributed by atoms with van der Waals surface area (Å²) in [7, 11) is 1.68. The number of nitrogens with zero attached hydrogens (tertiary/aromatic N) is 3. The Morgan fingerprint density at radius 3 is 2.37 bits per heavy atom. The van der Waals surface area contributed by atoms with E-state index in [9.17, 15) is 4.79 Å². The van der Waals surface area contributed by atoms with Crippen LogP contribution in [0.4, 0.5) is 5.69 Å². The van der Waals surface area contributed by atoms with E-state index >= 15 is 0 Å². The molecule has 2 heterocycles. The van der Waals surface area contributed by atoms with Crippen molar-refractivity contribution in [3.05, 3.63) is 78.6 Å². The zero-order valence-corrected chi connectivity index (χ0v) is 15.4. The van der Waals surface area contributed by atoms with Crippen molar-refractivity contribution in [1.29, 1.82) is 0 Å². The Morgan fingerprint density at radius 2 is 1.63 bits per heavy atom. The van der Waals surface area contributed by atoms with Gasteiger partial charge in [0.1, 0.15) is 5.75 Å². The molecule has 0 bridgehead atoms. The molecule has 4 rings (SSSR count). The standard InChI is InChI=1S/C22H23N3O2/c1-27-19-8-6-7-18(17-19)23-13-15-25(16-14-23)22(26)20-9-2-3-10-21(20)24-11-4-5-12-24/h2-12,17H,13-16H2,1H3. The molecular weight excluding hydrogens is 338 g/mol. The first-order chi connectivity index (χ1) is 13.3. The number of carbonyl (C=O) groups excluding carboxylic acids is 1. The number of rotatable bonds is 4. The molecule has 0 saturated carbocycles. The number of ether oxygens (including phenoxy) is 1. The van der Waals surface area contributed by atoms with Crippen LogP contribution in [0.15, 0.2) is 73.1 Å². The topological polar surface area (TPSA) is 37.7 Å². The fourth-order valence-corrected chi connectivity index (χ4v) is 3.52. The highest BCUT2D eigenvalue weighted by Crippen LogP contribution is 2.23. The van der Waals surface area contributed by atoms with Crippen molar-refractivity contribution in [2.45, 2.75) is 0 Å². The van der Waals surface area contributed by atoms with Crippen molar-refractivity contribution in [2.24, 2.45) is 0 Å². The molecule has 2 aromatic carbocycles. The molecule has 1 saturated heterocycles. The average molecular weight is 361 g/mol. The zero-order chi connectivity index (χ0) is 18.6. The van der Waals surface area contributed by atoms with Crippen LogP contribution in [0.5, 0.6) is 5.75 Å². The number of amides is 1. The Balaban J connectivity index is 1.48. The van der Waals surface area contributed by atoms with E-state index in [4.69, 9.17) is 4.74 Å². The third-order valence-corrected chi connectivity index (χ3v) is 5.00. The second kappa shape index (κ2) is 7.58. The number of anilines is 1. The molecule has 1 aliphatic rings. The van der Waals surface area contributed by atoms with E-state index in [-0.39, 0.29) is 5.91 Å². The summed E-state index contributed by atoms with van der Waals surface area (Å²) in [5, 5.41) is 0. The van der Waals surface area contributed by atoms with Gasteiger partial charge in [0, 0.05) is 50.3 Å². The van der Waals surface area contributed by atoms with Crippen LogP contribution in [0.25, 0.3) is 5.69 Å². The quantitative estimate of drug-likeness (QED) is 0.714. The van der Waals surface area contributed by atoms with Crippen molar-refractivity contribution in [3.63, 3.8) is 0 Å². The summed E-state index contributed by atoms with van der Waals surface area (Å²) in [5.41, 5.74) is 2.79. The van der Waals surface area contributed by atoms with Crippen molar-refractivity contribution in [2.75, 3.05) is 38.2 Å². The maximum atomic E-state index is 13.1. The Morgan fingerprint density at radius 1 is 0.889 bits per heavy atom. The van der Waals surface area contributed by atoms with Crippen LogP contribution in [0.1, 0.15) is 10.4 Å². The van der Waals surface area contributed by atoms with Crippen LogP contribution in [0.2, 0.25) is 0 Å². The predicted molar refractivity (Wildman–Crippen MR) is 107 cm³/mol. The van der Waals surface area contributed by atoms with Crippen molar-refractivity contribution in [3.8, 4) is 11.4 Å². The van der Waals surface area contributed by atoms with Gasteiger partial charge < -0.3 is 19.1 Å². The lowest BCUT2D eigenvalue weighted by atomic mass is 10.1. The summed E-state index contributed by atoms with van der Waals surface area (Å²) in [6.07, 6.45) is 3.93. The van der Waals surface area contributed by atoms with Gasteiger partial charge in [0.2, 0.25) is 0 Å². The van der Waals surface area contributed by atoms with Gasteiger partial charge in [-0.3, -0.25) is 4.79 Å². The maximum absolute atomic E-state index is 13.1. The van der Waals surface area contributed by atoms with Crippen molar-refractivity contribution >= 4 is 11.6 Å². The molecule has 0 radical (unpaired) electrons. The lowest BCUT2D eigenvalue weighted by molar-refractivity contribution is 0.0747. The summed E-state index contributed by atoms with van der Waals surface area (Å²) in [4.78, 5) is 17.4. The van der Waals surface area contributed by atoms with E-state index in [1.807, 2.05) is 76.5 Å². The van der Waals surface area contributed by atoms with Crippen molar-refractivity contribution < 1.29 is 9.53 Å². The van der Waals surface area contributed by atoms with Gasteiger partial charge in [-0.05, 0) is 36.4 Å². The number of methoxy groups -OCH3 is 1. The molecule has 5 heteroatoms. The number of benzene rings is 2. The van der Waals surface area contributed by atoms with Gasteiger partial charge in [0.15, 0.2) is 0 Å². The number of aromatic nitrogens is 1. The number of hydrogen-bond acceptors (Lipinski definition) is 3. The van der Waals surface area contributed by atoms with Gasteiger partial charge in [-0.1, -0.05) is 18.2 Å². The smallest absolute Gasteiger partial charge is 0.256 e. The summed E-state index contributed by atoms with van der Waals surface area (Å²) in [6, 6.07) is 19.8. The van der Waals surface area contributed by atoms with E-state index in [0.29, 0.717) is 13.1 Å². The molecule has 1 aromatic heterocycles. The van der Waals surface area contributed by atoms with E-state index < -0.39 is 0 Å². The molecule has 1 amide bonds. The van der Waals surface area contributed by atoms with Crippen LogP contribution in [-0.2, 0) is 0 Å². The highest BCUT2D eigenvalue weighted by molar-refractivity contribution is 5.98. The molecule has 27 heavy (non-hydrogen) atoms. The van der Waals surface area contributed by atoms with Gasteiger partial charge in [0.05, 0.1) is 18.4 Å². The first-order valence-electron chi connectivity index (χ1n) is 9.17. The van der Waals surface area contributed by atoms with Crippen LogP contribution < -0.4 is 9.64 Å². The molecule has 138 valence electrons. The third kappa shape index (κ3) is 3.53. The molecule has 3 aromatic rings. The second-order valence-corrected chi connectivity index (χ2v) is 6.59. The minimum absolute atomic E-state index is 0.0876. The Kier molecular flexibility index (Phi) is 4.83. The zero-order valence-electron chi connectivity index (χ0n) is 15.4. The molecule has 0 N–H and O–H groups in total. The number of para-hydroxylation sites is 1. The van der Waals surface area contributed by atoms with E-state index in [1.54, 1.807) is 7.11 Å². The van der Waals surface area contributed by atoms with Crippen LogP contribution in [-0.4, -0.2) is 48.7 Å². The lowest BCUT2D eigenvalue weighted by Gasteiger charge is -2.36. The SMILES string of the molecule is COc1cccc(N2CCN(C(=O)c3ccccc3-n3cccc3)CC2)c1. The molecule has 0 spiro atoms. The molecule has 1 fully saturated rings. The predicted octanol–water partition coefficient (Wildman–Crippen LogP) is 3.45. The molecule has 0 aliphatic carbocycles. The fraction of sp³-hybridized carbons (Fsp3) is 0.227. The largest absolute Gasteiger partial charge is 0.497 e.